The second-order valence-corrected chi connectivity index (χ2v) is 6.31. The van der Waals surface area contributed by atoms with Crippen molar-refractivity contribution >= 4 is 0 Å². The zero-order valence-corrected chi connectivity index (χ0v) is 12.1. The lowest BCUT2D eigenvalue weighted by Gasteiger charge is -2.50. The van der Waals surface area contributed by atoms with E-state index in [0.29, 0.717) is 17.5 Å². The van der Waals surface area contributed by atoms with Gasteiger partial charge in [0, 0.05) is 11.8 Å². The average Bonchev–Trinajstić information content (AvgIpc) is 2.80. The van der Waals surface area contributed by atoms with Crippen LogP contribution < -0.4 is 11.4 Å². The number of aromatic nitrogens is 3. The van der Waals surface area contributed by atoms with Crippen LogP contribution in [0, 0.1) is 11.8 Å². The number of nitrogens with zero attached hydrogens (tertiary/aromatic N) is 3. The molecule has 6 rings (SSSR count). The van der Waals surface area contributed by atoms with Crippen molar-refractivity contribution in [2.45, 2.75) is 19.0 Å². The molecule has 0 unspecified atom stereocenters. The molecule has 0 N–H and O–H groups in total. The SMILES string of the molecule is CC1=C[C@@H]2[C@@H]1[C@@H]1C=C[C@@H]2n2c(=O)n(-c3ccccc3)c(=O)n21. The predicted molar refractivity (Wildman–Crippen MR) is 82.2 cm³/mol. The molecule has 1 aromatic carbocycles. The highest BCUT2D eigenvalue weighted by Crippen LogP contribution is 2.53. The summed E-state index contributed by atoms with van der Waals surface area (Å²) in [6.45, 7) is 2.11. The minimum Gasteiger partial charge on any atom is -0.245 e. The first-order chi connectivity index (χ1) is 10.7. The van der Waals surface area contributed by atoms with Gasteiger partial charge in [0.05, 0.1) is 17.8 Å². The van der Waals surface area contributed by atoms with Gasteiger partial charge in [-0.15, -0.1) is 0 Å². The smallest absolute Gasteiger partial charge is 0.245 e. The number of allylic oxidation sites excluding steroid dienone is 4. The molecule has 5 heteroatoms. The third-order valence-corrected chi connectivity index (χ3v) is 5.25. The third kappa shape index (κ3) is 1.21. The molecule has 2 aliphatic heterocycles. The molecule has 0 amide bonds. The van der Waals surface area contributed by atoms with E-state index in [4.69, 9.17) is 0 Å². The maximum absolute atomic E-state index is 12.9. The Morgan fingerprint density at radius 1 is 0.909 bits per heavy atom. The fraction of sp³-hybridized carbons (Fsp3) is 0.294. The van der Waals surface area contributed by atoms with E-state index in [9.17, 15) is 9.59 Å². The second-order valence-electron chi connectivity index (χ2n) is 6.31. The molecule has 3 heterocycles. The summed E-state index contributed by atoms with van der Waals surface area (Å²) in [5.74, 6) is 0.706. The van der Waals surface area contributed by atoms with Crippen LogP contribution in [0.2, 0.25) is 0 Å². The maximum Gasteiger partial charge on any atom is 0.352 e. The molecule has 4 aliphatic rings. The van der Waals surface area contributed by atoms with E-state index < -0.39 is 0 Å². The Morgan fingerprint density at radius 2 is 1.55 bits per heavy atom. The average molecular weight is 293 g/mol. The lowest BCUT2D eigenvalue weighted by atomic mass is 9.64. The number of hydrogen-bond acceptors (Lipinski definition) is 2. The van der Waals surface area contributed by atoms with Crippen LogP contribution in [0.5, 0.6) is 0 Å². The summed E-state index contributed by atoms with van der Waals surface area (Å²) in [7, 11) is 0. The van der Waals surface area contributed by atoms with Crippen molar-refractivity contribution in [3.05, 3.63) is 75.1 Å². The van der Waals surface area contributed by atoms with Crippen LogP contribution in [-0.4, -0.2) is 13.9 Å². The van der Waals surface area contributed by atoms with Crippen LogP contribution in [0.25, 0.3) is 5.69 Å². The van der Waals surface area contributed by atoms with Crippen molar-refractivity contribution in [2.75, 3.05) is 0 Å². The summed E-state index contributed by atoms with van der Waals surface area (Å²) < 4.78 is 4.58. The highest BCUT2D eigenvalue weighted by Gasteiger charge is 2.50. The van der Waals surface area contributed by atoms with Crippen molar-refractivity contribution in [3.63, 3.8) is 0 Å². The lowest BCUT2D eigenvalue weighted by molar-refractivity contribution is 0.126. The summed E-state index contributed by atoms with van der Waals surface area (Å²) in [6.07, 6.45) is 6.38. The maximum atomic E-state index is 12.9. The van der Waals surface area contributed by atoms with Crippen LogP contribution in [0.15, 0.2) is 63.7 Å². The topological polar surface area (TPSA) is 48.9 Å². The number of benzene rings is 1. The minimum atomic E-state index is -0.244. The van der Waals surface area contributed by atoms with E-state index in [2.05, 4.69) is 25.2 Å². The Morgan fingerprint density at radius 3 is 2.23 bits per heavy atom. The first-order valence-corrected chi connectivity index (χ1v) is 7.56. The Balaban J connectivity index is 1.80. The van der Waals surface area contributed by atoms with Gasteiger partial charge in [-0.25, -0.2) is 23.5 Å². The lowest BCUT2D eigenvalue weighted by Crippen LogP contribution is -2.51. The fourth-order valence-electron chi connectivity index (χ4n) is 4.28. The zero-order chi connectivity index (χ0) is 15.0. The molecule has 0 saturated carbocycles. The van der Waals surface area contributed by atoms with Crippen LogP contribution in [0.1, 0.15) is 19.0 Å². The van der Waals surface area contributed by atoms with Gasteiger partial charge in [0.1, 0.15) is 0 Å². The largest absolute Gasteiger partial charge is 0.352 e. The normalized spacial score (nSPS) is 30.5. The third-order valence-electron chi connectivity index (χ3n) is 5.25. The molecule has 0 saturated heterocycles. The van der Waals surface area contributed by atoms with Crippen molar-refractivity contribution in [1.82, 2.24) is 13.9 Å². The Labute approximate surface area is 126 Å². The molecule has 0 fully saturated rings. The van der Waals surface area contributed by atoms with Crippen molar-refractivity contribution in [2.24, 2.45) is 11.8 Å². The predicted octanol–water partition coefficient (Wildman–Crippen LogP) is 1.66. The van der Waals surface area contributed by atoms with E-state index >= 15 is 0 Å². The summed E-state index contributed by atoms with van der Waals surface area (Å²) in [6, 6.07) is 9.07. The fourth-order valence-corrected chi connectivity index (χ4v) is 4.28. The highest BCUT2D eigenvalue weighted by atomic mass is 16.2. The van der Waals surface area contributed by atoms with E-state index in [1.165, 1.54) is 10.1 Å². The van der Waals surface area contributed by atoms with Gasteiger partial charge in [-0.2, -0.15) is 0 Å². The van der Waals surface area contributed by atoms with Gasteiger partial charge in [-0.3, -0.25) is 0 Å². The van der Waals surface area contributed by atoms with E-state index in [1.807, 2.05) is 18.2 Å². The molecule has 2 aromatic rings. The summed E-state index contributed by atoms with van der Waals surface area (Å²) >= 11 is 0. The molecule has 0 radical (unpaired) electrons. The second kappa shape index (κ2) is 3.80. The first kappa shape index (κ1) is 12.0. The van der Waals surface area contributed by atoms with Crippen LogP contribution in [0.3, 0.4) is 0 Å². The standard InChI is InChI=1S/C17H15N3O2/c1-10-9-12-13-7-8-14(15(10)12)20-17(22)18(16(21)19(13)20)11-5-3-2-4-6-11/h2-9,12-15H,1H3/t12-,13-,14-,15+/m0/s1. The molecule has 0 spiro atoms. The molecule has 2 bridgehead atoms. The number of rotatable bonds is 1. The molecular weight excluding hydrogens is 278 g/mol. The molecule has 22 heavy (non-hydrogen) atoms. The van der Waals surface area contributed by atoms with Crippen molar-refractivity contribution < 1.29 is 0 Å². The highest BCUT2D eigenvalue weighted by molar-refractivity contribution is 5.35. The summed E-state index contributed by atoms with van der Waals surface area (Å²) in [5, 5.41) is 0. The number of para-hydroxylation sites is 1. The monoisotopic (exact) mass is 293 g/mol. The van der Waals surface area contributed by atoms with E-state index in [0.717, 1.165) is 0 Å². The van der Waals surface area contributed by atoms with Crippen LogP contribution in [0.4, 0.5) is 0 Å². The van der Waals surface area contributed by atoms with Crippen molar-refractivity contribution in [3.8, 4) is 5.69 Å². The number of hydrogen-bond donors (Lipinski definition) is 0. The molecule has 110 valence electrons. The van der Waals surface area contributed by atoms with Gasteiger partial charge in [0.2, 0.25) is 0 Å². The molecule has 2 aliphatic carbocycles. The van der Waals surface area contributed by atoms with Gasteiger partial charge in [0.15, 0.2) is 0 Å². The van der Waals surface area contributed by atoms with Gasteiger partial charge in [-0.05, 0) is 19.1 Å². The Kier molecular flexibility index (Phi) is 2.08. The Bertz CT molecular complexity index is 958. The van der Waals surface area contributed by atoms with Gasteiger partial charge < -0.3 is 0 Å². The zero-order valence-electron chi connectivity index (χ0n) is 12.1. The molecular formula is C17H15N3O2. The van der Waals surface area contributed by atoms with E-state index in [-0.39, 0.29) is 23.5 Å². The quantitative estimate of drug-likeness (QED) is 0.751. The molecule has 5 nitrogen and oxygen atoms in total. The van der Waals surface area contributed by atoms with Crippen LogP contribution >= 0.6 is 0 Å². The van der Waals surface area contributed by atoms with Crippen molar-refractivity contribution in [1.29, 1.82) is 0 Å². The van der Waals surface area contributed by atoms with Crippen LogP contribution in [-0.2, 0) is 0 Å². The molecule has 4 atom stereocenters. The van der Waals surface area contributed by atoms with Gasteiger partial charge in [-0.1, -0.05) is 42.0 Å². The van der Waals surface area contributed by atoms with E-state index in [1.54, 1.807) is 21.5 Å². The summed E-state index contributed by atoms with van der Waals surface area (Å²) in [4.78, 5) is 25.7. The summed E-state index contributed by atoms with van der Waals surface area (Å²) in [5.41, 5.74) is 1.46. The molecule has 1 aromatic heterocycles. The first-order valence-electron chi connectivity index (χ1n) is 7.56. The minimum absolute atomic E-state index is 0.0369. The van der Waals surface area contributed by atoms with Gasteiger partial charge in [0.25, 0.3) is 0 Å². The Hall–Kier alpha value is -2.56. The van der Waals surface area contributed by atoms with Gasteiger partial charge >= 0.3 is 11.4 Å².